The van der Waals surface area contributed by atoms with Gasteiger partial charge in [0.15, 0.2) is 0 Å². The van der Waals surface area contributed by atoms with Crippen molar-refractivity contribution in [3.63, 3.8) is 0 Å². The van der Waals surface area contributed by atoms with Gasteiger partial charge in [-0.05, 0) is 18.3 Å². The Kier molecular flexibility index (Phi) is 3.17. The number of carbonyl (C=O) groups is 1. The minimum atomic E-state index is 0.220. The molecule has 5 heteroatoms. The molecule has 1 saturated carbocycles. The number of piperazine rings is 1. The number of hydrogen-bond acceptors (Lipinski definition) is 3. The van der Waals surface area contributed by atoms with Crippen LogP contribution in [0.4, 0.5) is 0 Å². The van der Waals surface area contributed by atoms with Gasteiger partial charge in [0.2, 0.25) is 5.91 Å². The van der Waals surface area contributed by atoms with Crippen molar-refractivity contribution in [3.05, 3.63) is 0 Å². The zero-order valence-corrected chi connectivity index (χ0v) is 10.6. The summed E-state index contributed by atoms with van der Waals surface area (Å²) in [5.41, 5.74) is 5.90. The van der Waals surface area contributed by atoms with Gasteiger partial charge in [0.25, 0.3) is 0 Å². The van der Waals surface area contributed by atoms with E-state index in [4.69, 9.17) is 18.0 Å². The molecule has 2 fully saturated rings. The summed E-state index contributed by atoms with van der Waals surface area (Å²) in [7, 11) is 1.86. The lowest BCUT2D eigenvalue weighted by atomic mass is 10.0. The van der Waals surface area contributed by atoms with E-state index in [9.17, 15) is 4.79 Å². The van der Waals surface area contributed by atoms with Gasteiger partial charge >= 0.3 is 0 Å². The minimum Gasteiger partial charge on any atom is -0.393 e. The van der Waals surface area contributed by atoms with Crippen LogP contribution in [0.3, 0.4) is 0 Å². The number of likely N-dealkylation sites (N-methyl/N-ethyl adjacent to an activating group) is 1. The van der Waals surface area contributed by atoms with Gasteiger partial charge in [-0.25, -0.2) is 0 Å². The normalized spacial score (nSPS) is 24.6. The zero-order chi connectivity index (χ0) is 11.8. The summed E-state index contributed by atoms with van der Waals surface area (Å²) in [6, 6.07) is 0. The molecule has 1 heterocycles. The second-order valence-electron chi connectivity index (χ2n) is 5.17. The first-order chi connectivity index (χ1) is 7.51. The molecule has 2 rings (SSSR count). The SMILES string of the molecule is CN1CCN(CC2(CC(N)=S)CC2)CC1=O. The first-order valence-corrected chi connectivity index (χ1v) is 6.16. The van der Waals surface area contributed by atoms with Gasteiger partial charge in [-0.3, -0.25) is 9.69 Å². The molecule has 1 amide bonds. The number of thiocarbonyl (C=S) groups is 1. The summed E-state index contributed by atoms with van der Waals surface area (Å²) in [6.45, 7) is 3.34. The maximum atomic E-state index is 11.6. The van der Waals surface area contributed by atoms with Crippen LogP contribution in [0.25, 0.3) is 0 Å². The summed E-state index contributed by atoms with van der Waals surface area (Å²) < 4.78 is 0. The van der Waals surface area contributed by atoms with E-state index in [1.807, 2.05) is 7.05 Å². The quantitative estimate of drug-likeness (QED) is 0.715. The van der Waals surface area contributed by atoms with Crippen LogP contribution in [-0.4, -0.2) is 53.9 Å². The highest BCUT2D eigenvalue weighted by Crippen LogP contribution is 2.49. The van der Waals surface area contributed by atoms with Crippen LogP contribution in [0.5, 0.6) is 0 Å². The number of amides is 1. The van der Waals surface area contributed by atoms with Crippen molar-refractivity contribution in [1.82, 2.24) is 9.80 Å². The zero-order valence-electron chi connectivity index (χ0n) is 9.74. The average Bonchev–Trinajstić information content (AvgIpc) is 2.90. The second-order valence-corrected chi connectivity index (χ2v) is 5.69. The first-order valence-electron chi connectivity index (χ1n) is 5.75. The van der Waals surface area contributed by atoms with E-state index < -0.39 is 0 Å². The van der Waals surface area contributed by atoms with Gasteiger partial charge in [0.1, 0.15) is 0 Å². The van der Waals surface area contributed by atoms with E-state index in [0.717, 1.165) is 26.1 Å². The van der Waals surface area contributed by atoms with E-state index >= 15 is 0 Å². The van der Waals surface area contributed by atoms with Gasteiger partial charge in [0.05, 0.1) is 11.5 Å². The highest BCUT2D eigenvalue weighted by Gasteiger charge is 2.44. The first kappa shape index (κ1) is 11.8. The van der Waals surface area contributed by atoms with Crippen LogP contribution in [0.2, 0.25) is 0 Å². The van der Waals surface area contributed by atoms with Crippen molar-refractivity contribution in [1.29, 1.82) is 0 Å². The van der Waals surface area contributed by atoms with Gasteiger partial charge in [0, 0.05) is 33.1 Å². The lowest BCUT2D eigenvalue weighted by molar-refractivity contribution is -0.134. The average molecular weight is 241 g/mol. The van der Waals surface area contributed by atoms with E-state index in [-0.39, 0.29) is 5.91 Å². The Morgan fingerprint density at radius 3 is 2.69 bits per heavy atom. The number of rotatable bonds is 4. The molecule has 90 valence electrons. The van der Waals surface area contributed by atoms with Crippen molar-refractivity contribution < 1.29 is 4.79 Å². The molecular weight excluding hydrogens is 222 g/mol. The largest absolute Gasteiger partial charge is 0.393 e. The summed E-state index contributed by atoms with van der Waals surface area (Å²) in [5.74, 6) is 0.220. The maximum Gasteiger partial charge on any atom is 0.236 e. The van der Waals surface area contributed by atoms with Crippen LogP contribution >= 0.6 is 12.2 Å². The minimum absolute atomic E-state index is 0.220. The summed E-state index contributed by atoms with van der Waals surface area (Å²) in [6.07, 6.45) is 3.23. The molecule has 1 aliphatic carbocycles. The number of nitrogens with zero attached hydrogens (tertiary/aromatic N) is 2. The van der Waals surface area contributed by atoms with Crippen molar-refractivity contribution >= 4 is 23.1 Å². The lowest BCUT2D eigenvalue weighted by Crippen LogP contribution is -2.50. The molecule has 1 aliphatic heterocycles. The summed E-state index contributed by atoms with van der Waals surface area (Å²) in [4.78, 5) is 16.2. The Labute approximate surface area is 102 Å². The molecule has 16 heavy (non-hydrogen) atoms. The summed E-state index contributed by atoms with van der Waals surface area (Å²) in [5, 5.41) is 0. The molecule has 0 unspecified atom stereocenters. The third-order valence-corrected chi connectivity index (χ3v) is 3.75. The fourth-order valence-corrected chi connectivity index (χ4v) is 2.66. The van der Waals surface area contributed by atoms with Crippen molar-refractivity contribution in [3.8, 4) is 0 Å². The topological polar surface area (TPSA) is 49.6 Å². The molecule has 0 atom stereocenters. The molecule has 1 saturated heterocycles. The molecular formula is C11H19N3OS. The van der Waals surface area contributed by atoms with Crippen molar-refractivity contribution in [2.24, 2.45) is 11.1 Å². The van der Waals surface area contributed by atoms with Crippen molar-refractivity contribution in [2.75, 3.05) is 33.2 Å². The predicted molar refractivity (Wildman–Crippen MR) is 67.1 cm³/mol. The molecule has 2 aliphatic rings. The van der Waals surface area contributed by atoms with Gasteiger partial charge in [-0.2, -0.15) is 0 Å². The van der Waals surface area contributed by atoms with Crippen LogP contribution in [0, 0.1) is 5.41 Å². The van der Waals surface area contributed by atoms with E-state index in [0.29, 0.717) is 16.9 Å². The maximum absolute atomic E-state index is 11.6. The third-order valence-electron chi connectivity index (χ3n) is 3.60. The molecule has 0 aromatic carbocycles. The van der Waals surface area contributed by atoms with Crippen LogP contribution in [0.1, 0.15) is 19.3 Å². The third kappa shape index (κ3) is 2.71. The van der Waals surface area contributed by atoms with E-state index in [1.54, 1.807) is 4.90 Å². The predicted octanol–water partition coefficient (Wildman–Crippen LogP) is 0.217. The smallest absolute Gasteiger partial charge is 0.236 e. The lowest BCUT2D eigenvalue weighted by Gasteiger charge is -2.34. The molecule has 0 radical (unpaired) electrons. The Morgan fingerprint density at radius 2 is 2.19 bits per heavy atom. The summed E-state index contributed by atoms with van der Waals surface area (Å²) >= 11 is 4.98. The van der Waals surface area contributed by atoms with E-state index in [2.05, 4.69) is 4.90 Å². The van der Waals surface area contributed by atoms with E-state index in [1.165, 1.54) is 12.8 Å². The van der Waals surface area contributed by atoms with Crippen LogP contribution in [0.15, 0.2) is 0 Å². The number of hydrogen-bond donors (Lipinski definition) is 1. The molecule has 0 bridgehead atoms. The van der Waals surface area contributed by atoms with Crippen molar-refractivity contribution in [2.45, 2.75) is 19.3 Å². The van der Waals surface area contributed by atoms with Crippen LogP contribution in [-0.2, 0) is 4.79 Å². The molecule has 2 N–H and O–H groups in total. The highest BCUT2D eigenvalue weighted by molar-refractivity contribution is 7.80. The standard InChI is InChI=1S/C11H19N3OS/c1-13-4-5-14(7-10(13)15)8-11(2-3-11)6-9(12)16/h2-8H2,1H3,(H2,12,16). The number of nitrogens with two attached hydrogens (primary N) is 1. The highest BCUT2D eigenvalue weighted by atomic mass is 32.1. The molecule has 4 nitrogen and oxygen atoms in total. The number of carbonyl (C=O) groups excluding carboxylic acids is 1. The fourth-order valence-electron chi connectivity index (χ4n) is 2.35. The second kappa shape index (κ2) is 4.30. The Bertz CT molecular complexity index is 314. The van der Waals surface area contributed by atoms with Gasteiger partial charge in [-0.15, -0.1) is 0 Å². The molecule has 0 spiro atoms. The van der Waals surface area contributed by atoms with Gasteiger partial charge < -0.3 is 10.6 Å². The Balaban J connectivity index is 1.86. The Morgan fingerprint density at radius 1 is 1.50 bits per heavy atom. The van der Waals surface area contributed by atoms with Crippen LogP contribution < -0.4 is 5.73 Å². The monoisotopic (exact) mass is 241 g/mol. The molecule has 0 aromatic heterocycles. The Hall–Kier alpha value is -0.680. The van der Waals surface area contributed by atoms with Gasteiger partial charge in [-0.1, -0.05) is 12.2 Å². The molecule has 0 aromatic rings. The fraction of sp³-hybridized carbons (Fsp3) is 0.818.